The Kier molecular flexibility index (Phi) is 7.05. The lowest BCUT2D eigenvalue weighted by molar-refractivity contribution is 0.0532. The third-order valence-corrected chi connectivity index (χ3v) is 14.7. The first-order valence-corrected chi connectivity index (χ1v) is 21.6. The molecule has 2 aromatic heterocycles. The molecule has 1 aliphatic heterocycles. The SMILES string of the molecule is C[C@@H]1C[C@H]2CCC[C@@H](C1)C21c2ccccc2-n2c3ccccc3c3c(N(c4cccc(-c5cccc6c5oc5ccccc56)c4)c4cccc5ccccc45)ccc1c32. The number of rotatable bonds is 4. The Morgan fingerprint density at radius 1 is 0.593 bits per heavy atom. The van der Waals surface area contributed by atoms with Crippen LogP contribution < -0.4 is 4.90 Å². The maximum absolute atomic E-state index is 6.61. The van der Waals surface area contributed by atoms with Crippen LogP contribution in [0.2, 0.25) is 0 Å². The van der Waals surface area contributed by atoms with Crippen LogP contribution in [0.1, 0.15) is 50.2 Å². The second-order valence-electron chi connectivity index (χ2n) is 17.7. The van der Waals surface area contributed by atoms with Crippen molar-refractivity contribution < 1.29 is 4.42 Å². The number of fused-ring (bicyclic) bond motifs is 9. The van der Waals surface area contributed by atoms with E-state index in [1.807, 2.05) is 0 Å². The molecule has 0 saturated heterocycles. The van der Waals surface area contributed by atoms with E-state index in [0.29, 0.717) is 11.8 Å². The summed E-state index contributed by atoms with van der Waals surface area (Å²) in [5.41, 5.74) is 14.7. The van der Waals surface area contributed by atoms with E-state index in [0.717, 1.165) is 44.7 Å². The standard InChI is InChI=1S/C56H44N2O/c1-35-32-38-17-12-18-39(33-35)56(38)46-25-6-8-27-50(46)58-49-26-7-4-22-45(49)53-51(31-30-47(56)54(53)58)57(48-28-11-15-36-14-2-3-20-41(36)48)40-19-10-16-37(34-40)42-23-13-24-44-43-21-5-9-29-52(43)59-55(42)44/h2-11,13-16,19-31,34-35,38-39H,12,17-18,32-33H2,1H3/t35-,38-,39+,56?. The van der Waals surface area contributed by atoms with E-state index in [4.69, 9.17) is 4.42 Å². The van der Waals surface area contributed by atoms with Crippen molar-refractivity contribution in [3.05, 3.63) is 181 Å². The Bertz CT molecular complexity index is 3310. The average Bonchev–Trinajstić information content (AvgIpc) is 3.83. The highest BCUT2D eigenvalue weighted by Crippen LogP contribution is 2.64. The van der Waals surface area contributed by atoms with Crippen molar-refractivity contribution in [1.29, 1.82) is 0 Å². The summed E-state index contributed by atoms with van der Waals surface area (Å²) in [5, 5.41) is 7.38. The largest absolute Gasteiger partial charge is 0.455 e. The van der Waals surface area contributed by atoms with Crippen LogP contribution in [0.25, 0.3) is 71.3 Å². The third kappa shape index (κ3) is 4.53. The fraction of sp³-hybridized carbons (Fsp3) is 0.179. The minimum Gasteiger partial charge on any atom is -0.455 e. The van der Waals surface area contributed by atoms with Crippen molar-refractivity contribution in [2.45, 2.75) is 44.4 Å². The molecule has 10 aromatic rings. The summed E-state index contributed by atoms with van der Waals surface area (Å²) < 4.78 is 9.25. The Morgan fingerprint density at radius 3 is 2.20 bits per heavy atom. The summed E-state index contributed by atoms with van der Waals surface area (Å²) in [6.45, 7) is 2.51. The maximum atomic E-state index is 6.61. The third-order valence-electron chi connectivity index (χ3n) is 14.7. The predicted octanol–water partition coefficient (Wildman–Crippen LogP) is 15.4. The molecule has 0 radical (unpaired) electrons. The average molecular weight is 761 g/mol. The van der Waals surface area contributed by atoms with E-state index < -0.39 is 0 Å². The van der Waals surface area contributed by atoms with Gasteiger partial charge in [-0.1, -0.05) is 141 Å². The molecular weight excluding hydrogens is 717 g/mol. The van der Waals surface area contributed by atoms with E-state index in [2.05, 4.69) is 186 Å². The minimum atomic E-state index is -0.00202. The molecule has 3 aliphatic rings. The summed E-state index contributed by atoms with van der Waals surface area (Å²) >= 11 is 0. The van der Waals surface area contributed by atoms with Crippen LogP contribution in [0.3, 0.4) is 0 Å². The molecular formula is C56H44N2O. The van der Waals surface area contributed by atoms with E-state index in [9.17, 15) is 0 Å². The number of nitrogens with zero attached hydrogens (tertiary/aromatic N) is 2. The second kappa shape index (κ2) is 12.5. The molecule has 2 aliphatic carbocycles. The van der Waals surface area contributed by atoms with Crippen LogP contribution in [0, 0.1) is 17.8 Å². The summed E-state index contributed by atoms with van der Waals surface area (Å²) in [6, 6.07) is 63.4. The normalized spacial score (nSPS) is 20.9. The molecule has 1 unspecified atom stereocenters. The van der Waals surface area contributed by atoms with Gasteiger partial charge in [-0.3, -0.25) is 0 Å². The fourth-order valence-electron chi connectivity index (χ4n) is 12.6. The van der Waals surface area contributed by atoms with Gasteiger partial charge in [-0.15, -0.1) is 0 Å². The van der Waals surface area contributed by atoms with Crippen molar-refractivity contribution in [3.63, 3.8) is 0 Å². The maximum Gasteiger partial charge on any atom is 0.143 e. The summed E-state index contributed by atoms with van der Waals surface area (Å²) in [6.07, 6.45) is 6.52. The molecule has 13 rings (SSSR count). The molecule has 1 spiro atoms. The van der Waals surface area contributed by atoms with Crippen molar-refractivity contribution in [3.8, 4) is 16.8 Å². The Morgan fingerprint density at radius 2 is 1.31 bits per heavy atom. The van der Waals surface area contributed by atoms with Gasteiger partial charge in [0.25, 0.3) is 0 Å². The van der Waals surface area contributed by atoms with Gasteiger partial charge in [0.1, 0.15) is 11.2 Å². The van der Waals surface area contributed by atoms with Gasteiger partial charge in [0.2, 0.25) is 0 Å². The van der Waals surface area contributed by atoms with Crippen LogP contribution in [0.15, 0.2) is 174 Å². The van der Waals surface area contributed by atoms with Crippen LogP contribution >= 0.6 is 0 Å². The molecule has 2 bridgehead atoms. The molecule has 284 valence electrons. The highest BCUT2D eigenvalue weighted by molar-refractivity contribution is 6.19. The topological polar surface area (TPSA) is 21.3 Å². The first kappa shape index (κ1) is 33.4. The second-order valence-corrected chi connectivity index (χ2v) is 17.7. The zero-order valence-corrected chi connectivity index (χ0v) is 33.2. The number of furan rings is 1. The van der Waals surface area contributed by atoms with Crippen LogP contribution in [-0.2, 0) is 5.41 Å². The molecule has 3 heterocycles. The Hall–Kier alpha value is -6.58. The number of benzene rings is 8. The molecule has 2 fully saturated rings. The van der Waals surface area contributed by atoms with Gasteiger partial charge in [0.05, 0.1) is 28.1 Å². The number of anilines is 3. The molecule has 2 saturated carbocycles. The minimum absolute atomic E-state index is 0.00202. The van der Waals surface area contributed by atoms with Gasteiger partial charge >= 0.3 is 0 Å². The highest BCUT2D eigenvalue weighted by atomic mass is 16.3. The molecule has 0 amide bonds. The van der Waals surface area contributed by atoms with Crippen molar-refractivity contribution in [1.82, 2.24) is 4.57 Å². The first-order chi connectivity index (χ1) is 29.2. The van der Waals surface area contributed by atoms with Gasteiger partial charge in [-0.2, -0.15) is 0 Å². The molecule has 8 aromatic carbocycles. The zero-order chi connectivity index (χ0) is 38.8. The number of hydrogen-bond donors (Lipinski definition) is 0. The van der Waals surface area contributed by atoms with Crippen LogP contribution in [-0.4, -0.2) is 4.57 Å². The van der Waals surface area contributed by atoms with Gasteiger partial charge in [0, 0.05) is 43.6 Å². The lowest BCUT2D eigenvalue weighted by atomic mass is 9.47. The lowest BCUT2D eigenvalue weighted by Crippen LogP contribution is -2.52. The fourth-order valence-corrected chi connectivity index (χ4v) is 12.6. The number of hydrogen-bond acceptors (Lipinski definition) is 2. The van der Waals surface area contributed by atoms with Gasteiger partial charge in [-0.05, 0) is 108 Å². The van der Waals surface area contributed by atoms with E-state index in [-0.39, 0.29) is 5.41 Å². The highest BCUT2D eigenvalue weighted by Gasteiger charge is 2.56. The van der Waals surface area contributed by atoms with E-state index in [1.54, 1.807) is 5.56 Å². The Labute approximate surface area is 344 Å². The quantitative estimate of drug-likeness (QED) is 0.178. The molecule has 4 atom stereocenters. The summed E-state index contributed by atoms with van der Waals surface area (Å²) in [7, 11) is 0. The Balaban J connectivity index is 1.13. The number of para-hydroxylation sites is 4. The summed E-state index contributed by atoms with van der Waals surface area (Å²) in [4.78, 5) is 2.55. The zero-order valence-electron chi connectivity index (χ0n) is 33.2. The van der Waals surface area contributed by atoms with Crippen molar-refractivity contribution >= 4 is 71.6 Å². The predicted molar refractivity (Wildman–Crippen MR) is 246 cm³/mol. The van der Waals surface area contributed by atoms with Crippen LogP contribution in [0.4, 0.5) is 17.1 Å². The molecule has 0 N–H and O–H groups in total. The van der Waals surface area contributed by atoms with Crippen molar-refractivity contribution in [2.24, 2.45) is 17.8 Å². The molecule has 3 heteroatoms. The van der Waals surface area contributed by atoms with E-state index >= 15 is 0 Å². The smallest absolute Gasteiger partial charge is 0.143 e. The number of aromatic nitrogens is 1. The monoisotopic (exact) mass is 760 g/mol. The van der Waals surface area contributed by atoms with Gasteiger partial charge in [0.15, 0.2) is 0 Å². The van der Waals surface area contributed by atoms with E-state index in [1.165, 1.54) is 87.3 Å². The first-order valence-electron chi connectivity index (χ1n) is 21.6. The summed E-state index contributed by atoms with van der Waals surface area (Å²) in [5.74, 6) is 2.00. The molecule has 3 nitrogen and oxygen atoms in total. The van der Waals surface area contributed by atoms with Crippen molar-refractivity contribution in [2.75, 3.05) is 4.90 Å². The van der Waals surface area contributed by atoms with Crippen LogP contribution in [0.5, 0.6) is 0 Å². The molecule has 59 heavy (non-hydrogen) atoms. The lowest BCUT2D eigenvalue weighted by Gasteiger charge is -2.57. The van der Waals surface area contributed by atoms with Gasteiger partial charge in [-0.25, -0.2) is 0 Å². The van der Waals surface area contributed by atoms with Gasteiger partial charge < -0.3 is 13.9 Å².